The van der Waals surface area contributed by atoms with Crippen molar-refractivity contribution in [3.8, 4) is 0 Å². The largest absolute Gasteiger partial charge is 0.305 e. The zero-order valence-electron chi connectivity index (χ0n) is 11.0. The number of rotatable bonds is 5. The molecule has 0 saturated carbocycles. The molecule has 2 aromatic rings. The van der Waals surface area contributed by atoms with Crippen LogP contribution in [-0.4, -0.2) is 16.3 Å². The lowest BCUT2D eigenvalue weighted by molar-refractivity contribution is 0.476. The zero-order valence-corrected chi connectivity index (χ0v) is 11.0. The Balaban J connectivity index is 2.39. The van der Waals surface area contributed by atoms with Crippen molar-refractivity contribution in [1.82, 2.24) is 15.1 Å². The Morgan fingerprint density at radius 2 is 2.11 bits per heavy atom. The van der Waals surface area contributed by atoms with Gasteiger partial charge in [0.25, 0.3) is 0 Å². The Hall–Kier alpha value is -1.75. The van der Waals surface area contributed by atoms with Crippen LogP contribution in [0.4, 0.5) is 8.78 Å². The molecule has 0 saturated heterocycles. The SMILES string of the molecule is CCCNC(c1ccn(C)n1)c1cccc(F)c1F. The first-order valence-corrected chi connectivity index (χ1v) is 6.30. The predicted molar refractivity (Wildman–Crippen MR) is 69.7 cm³/mol. The minimum absolute atomic E-state index is 0.284. The monoisotopic (exact) mass is 265 g/mol. The summed E-state index contributed by atoms with van der Waals surface area (Å²) in [4.78, 5) is 0. The molecule has 0 fully saturated rings. The van der Waals surface area contributed by atoms with E-state index < -0.39 is 17.7 Å². The third-order valence-corrected chi connectivity index (χ3v) is 2.92. The van der Waals surface area contributed by atoms with Gasteiger partial charge in [-0.05, 0) is 25.1 Å². The molecule has 0 amide bonds. The summed E-state index contributed by atoms with van der Waals surface area (Å²) in [5.74, 6) is -1.65. The molecule has 0 radical (unpaired) electrons. The van der Waals surface area contributed by atoms with Crippen LogP contribution in [0.15, 0.2) is 30.5 Å². The second kappa shape index (κ2) is 5.93. The number of nitrogens with one attached hydrogen (secondary N) is 1. The molecule has 0 aliphatic heterocycles. The van der Waals surface area contributed by atoms with Crippen LogP contribution in [-0.2, 0) is 7.05 Å². The smallest absolute Gasteiger partial charge is 0.163 e. The van der Waals surface area contributed by atoms with Crippen LogP contribution in [0.1, 0.15) is 30.6 Å². The van der Waals surface area contributed by atoms with Gasteiger partial charge in [0.1, 0.15) is 0 Å². The molecule has 3 nitrogen and oxygen atoms in total. The first kappa shape index (κ1) is 13.7. The third kappa shape index (κ3) is 2.98. The van der Waals surface area contributed by atoms with E-state index in [-0.39, 0.29) is 5.56 Å². The van der Waals surface area contributed by atoms with Crippen LogP contribution in [0, 0.1) is 11.6 Å². The van der Waals surface area contributed by atoms with Gasteiger partial charge in [0.2, 0.25) is 0 Å². The molecular formula is C14H17F2N3. The zero-order chi connectivity index (χ0) is 13.8. The van der Waals surface area contributed by atoms with E-state index in [1.165, 1.54) is 6.07 Å². The minimum atomic E-state index is -0.836. The average molecular weight is 265 g/mol. The van der Waals surface area contributed by atoms with Crippen LogP contribution in [0.2, 0.25) is 0 Å². The highest BCUT2D eigenvalue weighted by molar-refractivity contribution is 5.29. The van der Waals surface area contributed by atoms with E-state index in [0.717, 1.165) is 12.5 Å². The van der Waals surface area contributed by atoms with E-state index in [1.54, 1.807) is 30.1 Å². The Bertz CT molecular complexity index is 551. The van der Waals surface area contributed by atoms with Crippen molar-refractivity contribution in [2.45, 2.75) is 19.4 Å². The first-order valence-electron chi connectivity index (χ1n) is 6.30. The number of halogens is 2. The first-order chi connectivity index (χ1) is 9.13. The molecule has 1 atom stereocenters. The number of aromatic nitrogens is 2. The lowest BCUT2D eigenvalue weighted by Crippen LogP contribution is -2.25. The molecule has 102 valence electrons. The molecule has 19 heavy (non-hydrogen) atoms. The topological polar surface area (TPSA) is 29.9 Å². The van der Waals surface area contributed by atoms with Gasteiger partial charge in [-0.15, -0.1) is 0 Å². The fourth-order valence-corrected chi connectivity index (χ4v) is 1.99. The number of nitrogens with zero attached hydrogens (tertiary/aromatic N) is 2. The number of hydrogen-bond acceptors (Lipinski definition) is 2. The molecule has 1 unspecified atom stereocenters. The molecule has 0 spiro atoms. The van der Waals surface area contributed by atoms with Crippen molar-refractivity contribution in [1.29, 1.82) is 0 Å². The van der Waals surface area contributed by atoms with Crippen molar-refractivity contribution >= 4 is 0 Å². The molecule has 0 bridgehead atoms. The fourth-order valence-electron chi connectivity index (χ4n) is 1.99. The number of benzene rings is 1. The van der Waals surface area contributed by atoms with Gasteiger partial charge >= 0.3 is 0 Å². The van der Waals surface area contributed by atoms with Crippen LogP contribution in [0.5, 0.6) is 0 Å². The lowest BCUT2D eigenvalue weighted by atomic mass is 10.0. The summed E-state index contributed by atoms with van der Waals surface area (Å²) in [6.45, 7) is 2.72. The summed E-state index contributed by atoms with van der Waals surface area (Å²) in [5.41, 5.74) is 0.965. The highest BCUT2D eigenvalue weighted by atomic mass is 19.2. The molecule has 1 N–H and O–H groups in total. The molecule has 1 heterocycles. The fraction of sp³-hybridized carbons (Fsp3) is 0.357. The standard InChI is InChI=1S/C14H17F2N3/c1-3-8-17-14(12-7-9-19(2)18-12)10-5-4-6-11(15)13(10)16/h4-7,9,14,17H,3,8H2,1-2H3. The number of aryl methyl sites for hydroxylation is 1. The molecule has 1 aromatic heterocycles. The van der Waals surface area contributed by atoms with Crippen molar-refractivity contribution in [2.24, 2.45) is 7.05 Å². The van der Waals surface area contributed by atoms with Crippen molar-refractivity contribution in [3.63, 3.8) is 0 Å². The Morgan fingerprint density at radius 1 is 1.32 bits per heavy atom. The van der Waals surface area contributed by atoms with Crippen molar-refractivity contribution in [2.75, 3.05) is 6.54 Å². The average Bonchev–Trinajstić information content (AvgIpc) is 2.81. The van der Waals surface area contributed by atoms with E-state index in [2.05, 4.69) is 10.4 Å². The van der Waals surface area contributed by atoms with Gasteiger partial charge in [-0.2, -0.15) is 5.10 Å². The molecule has 2 rings (SSSR count). The van der Waals surface area contributed by atoms with E-state index in [1.807, 2.05) is 6.92 Å². The highest BCUT2D eigenvalue weighted by Gasteiger charge is 2.21. The third-order valence-electron chi connectivity index (χ3n) is 2.92. The maximum Gasteiger partial charge on any atom is 0.163 e. The normalized spacial score (nSPS) is 12.6. The predicted octanol–water partition coefficient (Wildman–Crippen LogP) is 2.79. The Labute approximate surface area is 111 Å². The lowest BCUT2D eigenvalue weighted by Gasteiger charge is -2.17. The van der Waals surface area contributed by atoms with Crippen LogP contribution >= 0.6 is 0 Å². The molecule has 0 aliphatic rings. The van der Waals surface area contributed by atoms with Crippen molar-refractivity contribution < 1.29 is 8.78 Å². The van der Waals surface area contributed by atoms with E-state index in [9.17, 15) is 8.78 Å². The van der Waals surface area contributed by atoms with Crippen LogP contribution in [0.3, 0.4) is 0 Å². The summed E-state index contributed by atoms with van der Waals surface area (Å²) in [6.07, 6.45) is 2.69. The summed E-state index contributed by atoms with van der Waals surface area (Å²) < 4.78 is 28.9. The molecular weight excluding hydrogens is 248 g/mol. The van der Waals surface area contributed by atoms with Gasteiger partial charge in [-0.25, -0.2) is 8.78 Å². The Morgan fingerprint density at radius 3 is 2.74 bits per heavy atom. The van der Waals surface area contributed by atoms with Gasteiger partial charge in [0, 0.05) is 18.8 Å². The summed E-state index contributed by atoms with van der Waals surface area (Å²) >= 11 is 0. The molecule has 1 aromatic carbocycles. The maximum absolute atomic E-state index is 13.9. The summed E-state index contributed by atoms with van der Waals surface area (Å²) in [6, 6.07) is 5.58. The summed E-state index contributed by atoms with van der Waals surface area (Å²) in [5, 5.41) is 7.48. The van der Waals surface area contributed by atoms with Crippen LogP contribution in [0.25, 0.3) is 0 Å². The molecule has 5 heteroatoms. The van der Waals surface area contributed by atoms with Gasteiger partial charge < -0.3 is 5.32 Å². The molecule has 0 aliphatic carbocycles. The Kier molecular flexibility index (Phi) is 4.27. The van der Waals surface area contributed by atoms with Crippen molar-refractivity contribution in [3.05, 3.63) is 53.4 Å². The second-order valence-electron chi connectivity index (χ2n) is 4.44. The second-order valence-corrected chi connectivity index (χ2v) is 4.44. The van der Waals surface area contributed by atoms with Gasteiger partial charge in [-0.3, -0.25) is 4.68 Å². The number of hydrogen-bond donors (Lipinski definition) is 1. The van der Waals surface area contributed by atoms with Gasteiger partial charge in [0.05, 0.1) is 11.7 Å². The van der Waals surface area contributed by atoms with Gasteiger partial charge in [-0.1, -0.05) is 19.1 Å². The highest BCUT2D eigenvalue weighted by Crippen LogP contribution is 2.24. The maximum atomic E-state index is 13.9. The summed E-state index contributed by atoms with van der Waals surface area (Å²) in [7, 11) is 1.79. The minimum Gasteiger partial charge on any atom is -0.305 e. The quantitative estimate of drug-likeness (QED) is 0.901. The van der Waals surface area contributed by atoms with E-state index in [0.29, 0.717) is 12.2 Å². The van der Waals surface area contributed by atoms with Crippen LogP contribution < -0.4 is 5.32 Å². The van der Waals surface area contributed by atoms with E-state index in [4.69, 9.17) is 0 Å². The van der Waals surface area contributed by atoms with Gasteiger partial charge in [0.15, 0.2) is 11.6 Å². The van der Waals surface area contributed by atoms with E-state index >= 15 is 0 Å².